The highest BCUT2D eigenvalue weighted by atomic mass is 79.9. The van der Waals surface area contributed by atoms with Crippen LogP contribution in [0.2, 0.25) is 0 Å². The fourth-order valence-electron chi connectivity index (χ4n) is 1.45. The molecule has 0 saturated carbocycles. The normalized spacial score (nSPS) is 18.8. The van der Waals surface area contributed by atoms with Crippen LogP contribution >= 0.6 is 15.9 Å². The van der Waals surface area contributed by atoms with Crippen molar-refractivity contribution in [1.29, 1.82) is 0 Å². The second kappa shape index (κ2) is 3.69. The molecule has 1 heterocycles. The van der Waals surface area contributed by atoms with Crippen LogP contribution < -0.4 is 0 Å². The average molecular weight is 292 g/mol. The Morgan fingerprint density at radius 3 is 2.50 bits per heavy atom. The van der Waals surface area contributed by atoms with E-state index in [1.54, 1.807) is 0 Å². The molecule has 1 atom stereocenters. The van der Waals surface area contributed by atoms with Gasteiger partial charge in [-0.2, -0.15) is 0 Å². The predicted molar refractivity (Wildman–Crippen MR) is 55.7 cm³/mol. The van der Waals surface area contributed by atoms with Crippen LogP contribution in [0.25, 0.3) is 0 Å². The molecular formula is C10H5BrF3NO. The number of hydrogen-bond donors (Lipinski definition) is 0. The SMILES string of the molecule is CC1C=Nc2c(Br)c(F)c(F)c(F)c2C1=O. The predicted octanol–water partition coefficient (Wildman–Crippen LogP) is 3.40. The van der Waals surface area contributed by atoms with E-state index in [2.05, 4.69) is 20.9 Å². The van der Waals surface area contributed by atoms with E-state index in [0.717, 1.165) is 0 Å². The van der Waals surface area contributed by atoms with Crippen LogP contribution in [0.15, 0.2) is 9.47 Å². The minimum atomic E-state index is -1.66. The van der Waals surface area contributed by atoms with E-state index in [4.69, 9.17) is 0 Å². The van der Waals surface area contributed by atoms with Gasteiger partial charge in [-0.3, -0.25) is 9.79 Å². The lowest BCUT2D eigenvalue weighted by Crippen LogP contribution is -2.19. The standard InChI is InChI=1S/C10H5BrF3NO/c1-3-2-15-9-4(10(3)16)6(12)8(14)7(13)5(9)11/h2-3H,1H3. The summed E-state index contributed by atoms with van der Waals surface area (Å²) in [5.74, 6) is -5.77. The van der Waals surface area contributed by atoms with Crippen molar-refractivity contribution in [2.45, 2.75) is 6.92 Å². The minimum Gasteiger partial charge on any atom is -0.293 e. The lowest BCUT2D eigenvalue weighted by Gasteiger charge is -2.16. The summed E-state index contributed by atoms with van der Waals surface area (Å²) in [6, 6.07) is 0. The number of carbonyl (C=O) groups excluding carboxylic acids is 1. The van der Waals surface area contributed by atoms with Crippen LogP contribution in [-0.2, 0) is 0 Å². The maximum atomic E-state index is 13.4. The van der Waals surface area contributed by atoms with Crippen molar-refractivity contribution in [1.82, 2.24) is 0 Å². The Morgan fingerprint density at radius 2 is 1.88 bits per heavy atom. The molecule has 2 rings (SSSR count). The lowest BCUT2D eigenvalue weighted by atomic mass is 9.95. The molecule has 84 valence electrons. The molecule has 0 bridgehead atoms. The summed E-state index contributed by atoms with van der Waals surface area (Å²) in [5, 5.41) is 0. The lowest BCUT2D eigenvalue weighted by molar-refractivity contribution is 0.0957. The van der Waals surface area contributed by atoms with Crippen LogP contribution in [-0.4, -0.2) is 12.0 Å². The van der Waals surface area contributed by atoms with Crippen LogP contribution in [0.5, 0.6) is 0 Å². The second-order valence-corrected chi connectivity index (χ2v) is 4.20. The Labute approximate surface area is 97.3 Å². The van der Waals surface area contributed by atoms with Gasteiger partial charge in [0.2, 0.25) is 0 Å². The second-order valence-electron chi connectivity index (χ2n) is 3.41. The van der Waals surface area contributed by atoms with E-state index in [1.165, 1.54) is 13.1 Å². The van der Waals surface area contributed by atoms with Crippen molar-refractivity contribution in [3.63, 3.8) is 0 Å². The summed E-state index contributed by atoms with van der Waals surface area (Å²) in [6.45, 7) is 1.50. The minimum absolute atomic E-state index is 0.195. The first-order valence-corrected chi connectivity index (χ1v) is 5.18. The first-order valence-electron chi connectivity index (χ1n) is 4.39. The first kappa shape index (κ1) is 11.3. The van der Waals surface area contributed by atoms with E-state index in [9.17, 15) is 18.0 Å². The van der Waals surface area contributed by atoms with Gasteiger partial charge in [0.05, 0.1) is 21.6 Å². The van der Waals surface area contributed by atoms with Gasteiger partial charge in [0.15, 0.2) is 23.2 Å². The molecule has 1 aromatic rings. The molecular weight excluding hydrogens is 287 g/mol. The van der Waals surface area contributed by atoms with Crippen LogP contribution in [0, 0.1) is 23.4 Å². The maximum Gasteiger partial charge on any atom is 0.196 e. The Bertz CT molecular complexity index is 528. The van der Waals surface area contributed by atoms with Crippen molar-refractivity contribution in [3.8, 4) is 0 Å². The molecule has 1 aliphatic rings. The third kappa shape index (κ3) is 1.40. The number of nitrogens with zero attached hydrogens (tertiary/aromatic N) is 1. The van der Waals surface area contributed by atoms with E-state index < -0.39 is 34.7 Å². The molecule has 1 unspecified atom stereocenters. The smallest absolute Gasteiger partial charge is 0.196 e. The third-order valence-electron chi connectivity index (χ3n) is 2.33. The Hall–Kier alpha value is -1.17. The molecule has 1 aliphatic heterocycles. The van der Waals surface area contributed by atoms with Crippen LogP contribution in [0.4, 0.5) is 18.9 Å². The number of carbonyl (C=O) groups is 1. The molecule has 1 aromatic carbocycles. The van der Waals surface area contributed by atoms with Crippen molar-refractivity contribution in [2.24, 2.45) is 10.9 Å². The topological polar surface area (TPSA) is 29.4 Å². The van der Waals surface area contributed by atoms with Crippen molar-refractivity contribution < 1.29 is 18.0 Å². The number of aliphatic imine (C=N–C) groups is 1. The molecule has 0 radical (unpaired) electrons. The fraction of sp³-hybridized carbons (Fsp3) is 0.200. The van der Waals surface area contributed by atoms with Crippen LogP contribution in [0.1, 0.15) is 17.3 Å². The van der Waals surface area contributed by atoms with Crippen molar-refractivity contribution >= 4 is 33.6 Å². The summed E-state index contributed by atoms with van der Waals surface area (Å²) in [7, 11) is 0. The largest absolute Gasteiger partial charge is 0.293 e. The van der Waals surface area contributed by atoms with E-state index >= 15 is 0 Å². The van der Waals surface area contributed by atoms with E-state index in [1.807, 2.05) is 0 Å². The summed E-state index contributed by atoms with van der Waals surface area (Å²) < 4.78 is 39.3. The Kier molecular flexibility index (Phi) is 2.61. The van der Waals surface area contributed by atoms with E-state index in [0.29, 0.717) is 0 Å². The summed E-state index contributed by atoms with van der Waals surface area (Å²) >= 11 is 2.75. The van der Waals surface area contributed by atoms with Gasteiger partial charge in [-0.1, -0.05) is 6.92 Å². The molecule has 6 heteroatoms. The Balaban J connectivity index is 2.85. The van der Waals surface area contributed by atoms with Crippen molar-refractivity contribution in [3.05, 3.63) is 27.5 Å². The number of Topliss-reactive ketones (excluding diaryl/α,β-unsaturated/α-hetero) is 1. The number of halogens is 4. The highest BCUT2D eigenvalue weighted by Crippen LogP contribution is 2.38. The molecule has 16 heavy (non-hydrogen) atoms. The zero-order chi connectivity index (χ0) is 12.0. The van der Waals surface area contributed by atoms with E-state index in [-0.39, 0.29) is 10.2 Å². The number of hydrogen-bond acceptors (Lipinski definition) is 2. The van der Waals surface area contributed by atoms with Gasteiger partial charge in [-0.05, 0) is 15.9 Å². The summed E-state index contributed by atoms with van der Waals surface area (Å²) in [4.78, 5) is 15.4. The first-order chi connectivity index (χ1) is 7.45. The van der Waals surface area contributed by atoms with Gasteiger partial charge in [0.25, 0.3) is 0 Å². The third-order valence-corrected chi connectivity index (χ3v) is 3.05. The molecule has 0 fully saturated rings. The monoisotopic (exact) mass is 291 g/mol. The summed E-state index contributed by atoms with van der Waals surface area (Å²) in [6.07, 6.45) is 1.27. The van der Waals surface area contributed by atoms with Crippen LogP contribution in [0.3, 0.4) is 0 Å². The zero-order valence-corrected chi connectivity index (χ0v) is 9.61. The molecule has 0 spiro atoms. The highest BCUT2D eigenvalue weighted by molar-refractivity contribution is 9.10. The molecule has 0 aliphatic carbocycles. The van der Waals surface area contributed by atoms with Gasteiger partial charge in [0, 0.05) is 6.21 Å². The molecule has 0 saturated heterocycles. The number of ketones is 1. The zero-order valence-electron chi connectivity index (χ0n) is 8.02. The molecule has 0 aromatic heterocycles. The number of benzene rings is 1. The average Bonchev–Trinajstić information content (AvgIpc) is 2.27. The van der Waals surface area contributed by atoms with Gasteiger partial charge in [0.1, 0.15) is 0 Å². The summed E-state index contributed by atoms with van der Waals surface area (Å²) in [5.41, 5.74) is -0.694. The van der Waals surface area contributed by atoms with Gasteiger partial charge >= 0.3 is 0 Å². The number of fused-ring (bicyclic) bond motifs is 1. The fourth-order valence-corrected chi connectivity index (χ4v) is 1.92. The molecule has 0 amide bonds. The van der Waals surface area contributed by atoms with Crippen molar-refractivity contribution in [2.75, 3.05) is 0 Å². The molecule has 2 nitrogen and oxygen atoms in total. The van der Waals surface area contributed by atoms with Gasteiger partial charge in [-0.15, -0.1) is 0 Å². The maximum absolute atomic E-state index is 13.4. The quantitative estimate of drug-likeness (QED) is 0.532. The van der Waals surface area contributed by atoms with Gasteiger partial charge in [-0.25, -0.2) is 13.2 Å². The van der Waals surface area contributed by atoms with Gasteiger partial charge < -0.3 is 0 Å². The highest BCUT2D eigenvalue weighted by Gasteiger charge is 2.31. The Morgan fingerprint density at radius 1 is 1.25 bits per heavy atom. The number of rotatable bonds is 0. The molecule has 0 N–H and O–H groups in total.